The third-order valence-corrected chi connectivity index (χ3v) is 7.36. The lowest BCUT2D eigenvalue weighted by atomic mass is 9.50. The van der Waals surface area contributed by atoms with E-state index in [1.807, 2.05) is 7.11 Å². The number of allylic oxidation sites excluding steroid dienone is 6. The van der Waals surface area contributed by atoms with Crippen LogP contribution in [0.4, 0.5) is 0 Å². The molecule has 2 fully saturated rings. The minimum atomic E-state index is 0.282. The second kappa shape index (κ2) is 4.59. The molecule has 0 amide bonds. The van der Waals surface area contributed by atoms with Crippen molar-refractivity contribution in [3.8, 4) is 0 Å². The van der Waals surface area contributed by atoms with Gasteiger partial charge in [-0.2, -0.15) is 0 Å². The van der Waals surface area contributed by atoms with Gasteiger partial charge in [-0.1, -0.05) is 44.2 Å². The summed E-state index contributed by atoms with van der Waals surface area (Å²) in [6.07, 6.45) is 19.2. The predicted molar refractivity (Wildman–Crippen MR) is 86.9 cm³/mol. The van der Waals surface area contributed by atoms with E-state index in [0.29, 0.717) is 11.5 Å². The highest BCUT2D eigenvalue weighted by molar-refractivity contribution is 5.40. The topological polar surface area (TPSA) is 9.23 Å². The number of hydrogen-bond acceptors (Lipinski definition) is 1. The molecule has 0 aromatic rings. The molecule has 0 radical (unpaired) electrons. The van der Waals surface area contributed by atoms with Gasteiger partial charge < -0.3 is 4.74 Å². The number of hydrogen-bond donors (Lipinski definition) is 0. The molecule has 4 rings (SSSR count). The summed E-state index contributed by atoms with van der Waals surface area (Å²) in [5, 5.41) is 0. The zero-order valence-corrected chi connectivity index (χ0v) is 13.6. The van der Waals surface area contributed by atoms with Gasteiger partial charge in [0.2, 0.25) is 0 Å². The van der Waals surface area contributed by atoms with Crippen molar-refractivity contribution in [1.29, 1.82) is 0 Å². The summed E-state index contributed by atoms with van der Waals surface area (Å²) in [6, 6.07) is 0. The van der Waals surface area contributed by atoms with E-state index in [0.717, 1.165) is 24.2 Å². The van der Waals surface area contributed by atoms with Crippen LogP contribution in [0.25, 0.3) is 0 Å². The third kappa shape index (κ3) is 1.73. The summed E-state index contributed by atoms with van der Waals surface area (Å²) < 4.78 is 5.85. The minimum Gasteiger partial charge on any atom is -0.381 e. The average Bonchev–Trinajstić information content (AvgIpc) is 2.83. The van der Waals surface area contributed by atoms with Gasteiger partial charge in [-0.3, -0.25) is 0 Å². The highest BCUT2D eigenvalue weighted by Crippen LogP contribution is 2.63. The third-order valence-electron chi connectivity index (χ3n) is 7.36. The molecule has 0 heterocycles. The van der Waals surface area contributed by atoms with Crippen LogP contribution in [0.15, 0.2) is 36.0 Å². The van der Waals surface area contributed by atoms with E-state index in [9.17, 15) is 0 Å². The van der Waals surface area contributed by atoms with Gasteiger partial charge in [0.15, 0.2) is 0 Å². The summed E-state index contributed by atoms with van der Waals surface area (Å²) in [6.45, 7) is 4.97. The van der Waals surface area contributed by atoms with Gasteiger partial charge in [-0.15, -0.1) is 0 Å². The summed E-state index contributed by atoms with van der Waals surface area (Å²) in [4.78, 5) is 0. The maximum absolute atomic E-state index is 5.85. The highest BCUT2D eigenvalue weighted by atomic mass is 16.5. The largest absolute Gasteiger partial charge is 0.381 e. The fourth-order valence-electron chi connectivity index (χ4n) is 6.13. The first kappa shape index (κ1) is 13.8. The summed E-state index contributed by atoms with van der Waals surface area (Å²) >= 11 is 0. The van der Waals surface area contributed by atoms with Crippen molar-refractivity contribution in [2.24, 2.45) is 28.6 Å². The van der Waals surface area contributed by atoms with E-state index in [1.54, 1.807) is 5.57 Å². The normalized spacial score (nSPS) is 51.1. The molecule has 1 nitrogen and oxygen atoms in total. The Bertz CT molecular complexity index is 528. The van der Waals surface area contributed by atoms with E-state index in [4.69, 9.17) is 4.74 Å². The molecular formula is C20H28O. The molecule has 0 aromatic heterocycles. The highest BCUT2D eigenvalue weighted by Gasteiger charge is 2.57. The first-order chi connectivity index (χ1) is 10.1. The summed E-state index contributed by atoms with van der Waals surface area (Å²) in [5.41, 5.74) is 2.25. The van der Waals surface area contributed by atoms with Crippen molar-refractivity contribution in [2.75, 3.05) is 7.11 Å². The molecule has 0 aromatic carbocycles. The molecule has 114 valence electrons. The van der Waals surface area contributed by atoms with Gasteiger partial charge in [0.25, 0.3) is 0 Å². The van der Waals surface area contributed by atoms with Gasteiger partial charge in [0, 0.05) is 12.5 Å². The Balaban J connectivity index is 1.73. The van der Waals surface area contributed by atoms with Crippen LogP contribution < -0.4 is 0 Å². The van der Waals surface area contributed by atoms with Crippen LogP contribution in [0.1, 0.15) is 46.0 Å². The fourth-order valence-corrected chi connectivity index (χ4v) is 6.13. The quantitative estimate of drug-likeness (QED) is 0.622. The smallest absolute Gasteiger partial charge is 0.0627 e. The molecule has 6 atom stereocenters. The molecular weight excluding hydrogens is 256 g/mol. The Hall–Kier alpha value is -0.820. The standard InChI is InChI=1S/C20H28O/c1-19-12-5-4-6-14(19)7-8-15-16-9-10-18(21-3)20(16,2)13-11-17(15)19/h5-8,12,15-18H,4,9-11,13H2,1-3H3/t15-,16-,17-,18+,19-,20-/m0/s1. The Morgan fingerprint density at radius 2 is 2.00 bits per heavy atom. The van der Waals surface area contributed by atoms with Gasteiger partial charge in [-0.25, -0.2) is 0 Å². The molecule has 4 aliphatic rings. The number of fused-ring (bicyclic) bond motifs is 5. The van der Waals surface area contributed by atoms with Gasteiger partial charge in [-0.05, 0) is 60.8 Å². The van der Waals surface area contributed by atoms with Crippen molar-refractivity contribution in [1.82, 2.24) is 0 Å². The van der Waals surface area contributed by atoms with E-state index >= 15 is 0 Å². The van der Waals surface area contributed by atoms with Gasteiger partial charge in [0.05, 0.1) is 6.10 Å². The molecule has 0 unspecified atom stereocenters. The molecule has 0 saturated heterocycles. The molecule has 4 aliphatic carbocycles. The van der Waals surface area contributed by atoms with Crippen molar-refractivity contribution >= 4 is 0 Å². The van der Waals surface area contributed by atoms with Crippen molar-refractivity contribution < 1.29 is 4.74 Å². The zero-order chi connectivity index (χ0) is 14.7. The predicted octanol–water partition coefficient (Wildman–Crippen LogP) is 4.91. The molecule has 0 spiro atoms. The van der Waals surface area contributed by atoms with Crippen molar-refractivity contribution in [3.05, 3.63) is 36.0 Å². The first-order valence-corrected chi connectivity index (χ1v) is 8.69. The van der Waals surface area contributed by atoms with Crippen molar-refractivity contribution in [2.45, 2.75) is 52.1 Å². The maximum atomic E-state index is 5.85. The minimum absolute atomic E-state index is 0.282. The summed E-state index contributed by atoms with van der Waals surface area (Å²) in [5.74, 6) is 2.35. The molecule has 0 bridgehead atoms. The van der Waals surface area contributed by atoms with E-state index in [1.165, 1.54) is 25.7 Å². The Morgan fingerprint density at radius 3 is 2.81 bits per heavy atom. The van der Waals surface area contributed by atoms with E-state index < -0.39 is 0 Å². The monoisotopic (exact) mass is 284 g/mol. The second-order valence-electron chi connectivity index (χ2n) is 8.08. The van der Waals surface area contributed by atoms with E-state index in [-0.39, 0.29) is 5.41 Å². The maximum Gasteiger partial charge on any atom is 0.0627 e. The Morgan fingerprint density at radius 1 is 1.14 bits per heavy atom. The number of ether oxygens (including phenoxy) is 1. The molecule has 0 aliphatic heterocycles. The lowest BCUT2D eigenvalue weighted by molar-refractivity contribution is -0.0556. The second-order valence-corrected chi connectivity index (χ2v) is 8.08. The van der Waals surface area contributed by atoms with Crippen molar-refractivity contribution in [3.63, 3.8) is 0 Å². The molecule has 0 N–H and O–H groups in total. The Kier molecular flexibility index (Phi) is 3.02. The van der Waals surface area contributed by atoms with Crippen LogP contribution in [0.5, 0.6) is 0 Å². The van der Waals surface area contributed by atoms with Crippen LogP contribution in [0, 0.1) is 28.6 Å². The SMILES string of the molecule is CO[C@@H]1CC[C@H]2[C@@H]3C=CC4=CCC=C[C@]4(C)[C@H]3CC[C@]12C. The van der Waals surface area contributed by atoms with Gasteiger partial charge in [0.1, 0.15) is 0 Å². The van der Waals surface area contributed by atoms with Crippen LogP contribution in [0.2, 0.25) is 0 Å². The lowest BCUT2D eigenvalue weighted by Gasteiger charge is -2.54. The van der Waals surface area contributed by atoms with E-state index in [2.05, 4.69) is 44.2 Å². The number of rotatable bonds is 1. The first-order valence-electron chi connectivity index (χ1n) is 8.69. The lowest BCUT2D eigenvalue weighted by Crippen LogP contribution is -2.49. The number of methoxy groups -OCH3 is 1. The zero-order valence-electron chi connectivity index (χ0n) is 13.6. The molecule has 21 heavy (non-hydrogen) atoms. The molecule has 2 saturated carbocycles. The molecule has 1 heteroatoms. The van der Waals surface area contributed by atoms with Crippen LogP contribution in [-0.2, 0) is 4.74 Å². The van der Waals surface area contributed by atoms with Crippen LogP contribution in [-0.4, -0.2) is 13.2 Å². The Labute approximate surface area is 129 Å². The van der Waals surface area contributed by atoms with Crippen LogP contribution in [0.3, 0.4) is 0 Å². The van der Waals surface area contributed by atoms with Crippen LogP contribution >= 0.6 is 0 Å². The average molecular weight is 284 g/mol. The fraction of sp³-hybridized carbons (Fsp3) is 0.700. The summed E-state index contributed by atoms with van der Waals surface area (Å²) in [7, 11) is 1.91. The van der Waals surface area contributed by atoms with Gasteiger partial charge >= 0.3 is 0 Å².